The van der Waals surface area contributed by atoms with Crippen LogP contribution in [0, 0.1) is 12.8 Å². The molecule has 2 aliphatic rings. The second-order valence-electron chi connectivity index (χ2n) is 5.65. The summed E-state index contributed by atoms with van der Waals surface area (Å²) in [6, 6.07) is 0. The highest BCUT2D eigenvalue weighted by atomic mass is 16.2. The van der Waals surface area contributed by atoms with Gasteiger partial charge in [-0.15, -0.1) is 0 Å². The van der Waals surface area contributed by atoms with Crippen LogP contribution in [0.2, 0.25) is 0 Å². The van der Waals surface area contributed by atoms with E-state index in [1.807, 2.05) is 11.8 Å². The van der Waals surface area contributed by atoms with Crippen molar-refractivity contribution in [3.63, 3.8) is 0 Å². The maximum atomic E-state index is 12.4. The van der Waals surface area contributed by atoms with Gasteiger partial charge in [-0.1, -0.05) is 0 Å². The van der Waals surface area contributed by atoms with Crippen LogP contribution in [0.5, 0.6) is 0 Å². The lowest BCUT2D eigenvalue weighted by Crippen LogP contribution is -2.49. The van der Waals surface area contributed by atoms with Gasteiger partial charge in [-0.05, 0) is 25.7 Å². The first kappa shape index (κ1) is 12.5. The molecule has 0 spiro atoms. The summed E-state index contributed by atoms with van der Waals surface area (Å²) in [5.41, 5.74) is 7.04. The normalized spacial score (nSPS) is 20.8. The van der Waals surface area contributed by atoms with Gasteiger partial charge in [-0.25, -0.2) is 0 Å². The zero-order valence-electron chi connectivity index (χ0n) is 11.4. The Bertz CT molecular complexity index is 452. The number of carbonyl (C=O) groups excluding carboxylic acids is 1. The Kier molecular flexibility index (Phi) is 3.18. The topological polar surface area (TPSA) is 78.2 Å². The van der Waals surface area contributed by atoms with E-state index < -0.39 is 0 Å². The predicted octanol–water partition coefficient (Wildman–Crippen LogP) is 0.468. The van der Waals surface area contributed by atoms with Crippen LogP contribution in [-0.2, 0) is 0 Å². The molecule has 0 bridgehead atoms. The van der Waals surface area contributed by atoms with E-state index in [2.05, 4.69) is 15.1 Å². The summed E-state index contributed by atoms with van der Waals surface area (Å²) >= 11 is 0. The zero-order valence-corrected chi connectivity index (χ0v) is 11.4. The molecule has 3 rings (SSSR count). The first-order valence-electron chi connectivity index (χ1n) is 6.97. The van der Waals surface area contributed by atoms with Crippen molar-refractivity contribution in [3.05, 3.63) is 11.3 Å². The number of nitrogens with zero attached hydrogens (tertiary/aromatic N) is 3. The number of piperazine rings is 1. The minimum absolute atomic E-state index is 0.00909. The van der Waals surface area contributed by atoms with Gasteiger partial charge in [-0.3, -0.25) is 14.8 Å². The molecule has 1 saturated carbocycles. The number of H-pyrrole nitrogens is 1. The summed E-state index contributed by atoms with van der Waals surface area (Å²) in [4.78, 5) is 16.8. The third kappa shape index (κ3) is 2.58. The number of rotatable bonds is 3. The lowest BCUT2D eigenvalue weighted by molar-refractivity contribution is 0.0632. The molecule has 1 aliphatic carbocycles. The van der Waals surface area contributed by atoms with E-state index >= 15 is 0 Å². The molecule has 0 aromatic carbocycles. The summed E-state index contributed by atoms with van der Waals surface area (Å²) < 4.78 is 0. The van der Waals surface area contributed by atoms with Crippen LogP contribution in [0.4, 0.5) is 5.82 Å². The summed E-state index contributed by atoms with van der Waals surface area (Å²) in [6.45, 7) is 6.55. The Labute approximate surface area is 112 Å². The first-order valence-corrected chi connectivity index (χ1v) is 6.97. The molecule has 104 valence electrons. The molecule has 2 heterocycles. The first-order chi connectivity index (χ1) is 9.15. The SMILES string of the molecule is Cc1[nH]nc(N)c1C(=O)N1CCN(CC2CC2)CC1. The summed E-state index contributed by atoms with van der Waals surface area (Å²) in [7, 11) is 0. The van der Waals surface area contributed by atoms with Crippen LogP contribution in [-0.4, -0.2) is 58.6 Å². The molecule has 1 aromatic rings. The fourth-order valence-electron chi connectivity index (χ4n) is 2.68. The van der Waals surface area contributed by atoms with E-state index in [0.29, 0.717) is 11.4 Å². The molecule has 6 heteroatoms. The Balaban J connectivity index is 1.60. The Morgan fingerprint density at radius 3 is 2.58 bits per heavy atom. The van der Waals surface area contributed by atoms with Crippen molar-refractivity contribution in [1.29, 1.82) is 0 Å². The number of amides is 1. The van der Waals surface area contributed by atoms with Gasteiger partial charge < -0.3 is 10.6 Å². The fraction of sp³-hybridized carbons (Fsp3) is 0.692. The lowest BCUT2D eigenvalue weighted by Gasteiger charge is -2.34. The van der Waals surface area contributed by atoms with E-state index in [1.165, 1.54) is 19.4 Å². The largest absolute Gasteiger partial charge is 0.382 e. The summed E-state index contributed by atoms with van der Waals surface area (Å²) in [5, 5.41) is 6.66. The van der Waals surface area contributed by atoms with E-state index in [1.54, 1.807) is 0 Å². The molecule has 1 amide bonds. The van der Waals surface area contributed by atoms with Gasteiger partial charge in [-0.2, -0.15) is 5.10 Å². The van der Waals surface area contributed by atoms with E-state index in [4.69, 9.17) is 5.73 Å². The van der Waals surface area contributed by atoms with Gasteiger partial charge in [0.05, 0.1) is 0 Å². The van der Waals surface area contributed by atoms with Gasteiger partial charge in [0.15, 0.2) is 5.82 Å². The average molecular weight is 263 g/mol. The highest BCUT2D eigenvalue weighted by Gasteiger charge is 2.29. The number of anilines is 1. The van der Waals surface area contributed by atoms with E-state index in [9.17, 15) is 4.79 Å². The summed E-state index contributed by atoms with van der Waals surface area (Å²) in [6.07, 6.45) is 2.76. The molecular weight excluding hydrogens is 242 g/mol. The van der Waals surface area contributed by atoms with Gasteiger partial charge >= 0.3 is 0 Å². The average Bonchev–Trinajstić information content (AvgIpc) is 3.15. The van der Waals surface area contributed by atoms with Crippen LogP contribution >= 0.6 is 0 Å². The van der Waals surface area contributed by atoms with Crippen LogP contribution < -0.4 is 5.73 Å². The monoisotopic (exact) mass is 263 g/mol. The number of nitrogens with one attached hydrogen (secondary N) is 1. The van der Waals surface area contributed by atoms with Crippen molar-refractivity contribution < 1.29 is 4.79 Å². The molecule has 1 aromatic heterocycles. The quantitative estimate of drug-likeness (QED) is 0.831. The van der Waals surface area contributed by atoms with Gasteiger partial charge in [0.1, 0.15) is 5.56 Å². The number of aryl methyl sites for hydroxylation is 1. The molecule has 19 heavy (non-hydrogen) atoms. The van der Waals surface area contributed by atoms with Crippen LogP contribution in [0.1, 0.15) is 28.9 Å². The number of nitrogen functional groups attached to an aromatic ring is 1. The lowest BCUT2D eigenvalue weighted by atomic mass is 10.2. The Hall–Kier alpha value is -1.56. The standard InChI is InChI=1S/C13H21N5O/c1-9-11(12(14)16-15-9)13(19)18-6-4-17(5-7-18)8-10-2-3-10/h10H,2-8H2,1H3,(H3,14,15,16). The third-order valence-electron chi connectivity index (χ3n) is 4.06. The molecule has 0 unspecified atom stereocenters. The number of hydrogen-bond donors (Lipinski definition) is 2. The van der Waals surface area contributed by atoms with Crippen LogP contribution in [0.15, 0.2) is 0 Å². The highest BCUT2D eigenvalue weighted by Crippen LogP contribution is 2.30. The number of aromatic amines is 1. The Morgan fingerprint density at radius 2 is 2.05 bits per heavy atom. The van der Waals surface area contributed by atoms with Crippen molar-refractivity contribution >= 4 is 11.7 Å². The number of nitrogens with two attached hydrogens (primary N) is 1. The van der Waals surface area contributed by atoms with Crippen LogP contribution in [0.3, 0.4) is 0 Å². The fourth-order valence-corrected chi connectivity index (χ4v) is 2.68. The second-order valence-corrected chi connectivity index (χ2v) is 5.65. The molecule has 1 saturated heterocycles. The van der Waals surface area contributed by atoms with Crippen molar-refractivity contribution in [2.45, 2.75) is 19.8 Å². The third-order valence-corrected chi connectivity index (χ3v) is 4.06. The predicted molar refractivity (Wildman–Crippen MR) is 72.8 cm³/mol. The zero-order chi connectivity index (χ0) is 13.4. The van der Waals surface area contributed by atoms with E-state index in [0.717, 1.165) is 37.8 Å². The molecule has 1 aliphatic heterocycles. The number of carbonyl (C=O) groups is 1. The summed E-state index contributed by atoms with van der Waals surface area (Å²) in [5.74, 6) is 1.23. The van der Waals surface area contributed by atoms with Gasteiger partial charge in [0.25, 0.3) is 5.91 Å². The molecule has 3 N–H and O–H groups in total. The van der Waals surface area contributed by atoms with Crippen molar-refractivity contribution in [1.82, 2.24) is 20.0 Å². The van der Waals surface area contributed by atoms with Crippen molar-refractivity contribution in [2.24, 2.45) is 5.92 Å². The Morgan fingerprint density at radius 1 is 1.37 bits per heavy atom. The minimum Gasteiger partial charge on any atom is -0.382 e. The number of hydrogen-bond acceptors (Lipinski definition) is 4. The maximum Gasteiger partial charge on any atom is 0.259 e. The molecule has 6 nitrogen and oxygen atoms in total. The molecule has 0 radical (unpaired) electrons. The maximum absolute atomic E-state index is 12.4. The van der Waals surface area contributed by atoms with Crippen molar-refractivity contribution in [2.75, 3.05) is 38.5 Å². The molecule has 2 fully saturated rings. The molecular formula is C13H21N5O. The van der Waals surface area contributed by atoms with E-state index in [-0.39, 0.29) is 5.91 Å². The molecule has 0 atom stereocenters. The van der Waals surface area contributed by atoms with Gasteiger partial charge in [0, 0.05) is 38.4 Å². The number of aromatic nitrogens is 2. The van der Waals surface area contributed by atoms with Crippen LogP contribution in [0.25, 0.3) is 0 Å². The minimum atomic E-state index is 0.00909. The second kappa shape index (κ2) is 4.85. The highest BCUT2D eigenvalue weighted by molar-refractivity contribution is 5.99. The van der Waals surface area contributed by atoms with Gasteiger partial charge in [0.2, 0.25) is 0 Å². The van der Waals surface area contributed by atoms with Crippen molar-refractivity contribution in [3.8, 4) is 0 Å². The smallest absolute Gasteiger partial charge is 0.259 e.